The number of rotatable bonds is 6. The van der Waals surface area contributed by atoms with E-state index < -0.39 is 11.9 Å². The number of hydrogen-bond donors (Lipinski definition) is 1. The third-order valence-corrected chi connectivity index (χ3v) is 3.92. The second-order valence-electron chi connectivity index (χ2n) is 5.79. The molecule has 24 heavy (non-hydrogen) atoms. The fourth-order valence-electron chi connectivity index (χ4n) is 2.60. The first-order valence-electron chi connectivity index (χ1n) is 7.95. The molecule has 0 bridgehead atoms. The SMILES string of the molecule is C[C@@H]1CCCCN1C(=O)COC(=O)c1ccc(OCC(N)=O)cc1. The van der Waals surface area contributed by atoms with Crippen LogP contribution in [0.3, 0.4) is 0 Å². The molecule has 2 N–H and O–H groups in total. The summed E-state index contributed by atoms with van der Waals surface area (Å²) in [4.78, 5) is 36.5. The van der Waals surface area contributed by atoms with E-state index in [0.717, 1.165) is 19.3 Å². The molecule has 0 saturated carbocycles. The summed E-state index contributed by atoms with van der Waals surface area (Å²) in [5.41, 5.74) is 5.29. The van der Waals surface area contributed by atoms with Gasteiger partial charge in [0.2, 0.25) is 0 Å². The second-order valence-corrected chi connectivity index (χ2v) is 5.79. The lowest BCUT2D eigenvalue weighted by Crippen LogP contribution is -2.44. The van der Waals surface area contributed by atoms with Crippen molar-refractivity contribution in [3.8, 4) is 5.75 Å². The molecule has 130 valence electrons. The number of piperidine rings is 1. The number of benzene rings is 1. The molecular formula is C17H22N2O5. The first-order chi connectivity index (χ1) is 11.5. The number of hydrogen-bond acceptors (Lipinski definition) is 5. The van der Waals surface area contributed by atoms with Crippen molar-refractivity contribution in [3.63, 3.8) is 0 Å². The van der Waals surface area contributed by atoms with Crippen molar-refractivity contribution in [2.75, 3.05) is 19.8 Å². The molecule has 1 aromatic carbocycles. The van der Waals surface area contributed by atoms with Crippen LogP contribution in [-0.2, 0) is 14.3 Å². The number of ether oxygens (including phenoxy) is 2. The number of esters is 1. The summed E-state index contributed by atoms with van der Waals surface area (Å²) in [6, 6.07) is 6.27. The molecule has 1 aliphatic rings. The molecule has 0 spiro atoms. The summed E-state index contributed by atoms with van der Waals surface area (Å²) in [6.45, 7) is 2.22. The van der Waals surface area contributed by atoms with Crippen molar-refractivity contribution >= 4 is 17.8 Å². The van der Waals surface area contributed by atoms with Gasteiger partial charge in [-0.1, -0.05) is 0 Å². The first-order valence-corrected chi connectivity index (χ1v) is 7.95. The highest BCUT2D eigenvalue weighted by Crippen LogP contribution is 2.17. The summed E-state index contributed by atoms with van der Waals surface area (Å²) in [5.74, 6) is -0.904. The maximum Gasteiger partial charge on any atom is 0.338 e. The lowest BCUT2D eigenvalue weighted by molar-refractivity contribution is -0.137. The quantitative estimate of drug-likeness (QED) is 0.786. The largest absolute Gasteiger partial charge is 0.484 e. The van der Waals surface area contributed by atoms with E-state index in [0.29, 0.717) is 17.9 Å². The van der Waals surface area contributed by atoms with Crippen molar-refractivity contribution in [2.45, 2.75) is 32.2 Å². The summed E-state index contributed by atoms with van der Waals surface area (Å²) in [5, 5.41) is 0. The van der Waals surface area contributed by atoms with Gasteiger partial charge in [-0.3, -0.25) is 9.59 Å². The van der Waals surface area contributed by atoms with Gasteiger partial charge < -0.3 is 20.1 Å². The van der Waals surface area contributed by atoms with Gasteiger partial charge in [-0.2, -0.15) is 0 Å². The molecular weight excluding hydrogens is 312 g/mol. The highest BCUT2D eigenvalue weighted by molar-refractivity contribution is 5.91. The number of nitrogens with zero attached hydrogens (tertiary/aromatic N) is 1. The third kappa shape index (κ3) is 4.97. The highest BCUT2D eigenvalue weighted by atomic mass is 16.5. The Balaban J connectivity index is 1.83. The molecule has 7 heteroatoms. The zero-order valence-corrected chi connectivity index (χ0v) is 13.7. The number of amides is 2. The number of likely N-dealkylation sites (tertiary alicyclic amines) is 1. The van der Waals surface area contributed by atoms with Crippen molar-refractivity contribution in [1.82, 2.24) is 4.90 Å². The Morgan fingerprint density at radius 2 is 1.88 bits per heavy atom. The van der Waals surface area contributed by atoms with Crippen LogP contribution in [0, 0.1) is 0 Å². The minimum atomic E-state index is -0.580. The Labute approximate surface area is 140 Å². The summed E-state index contributed by atoms with van der Waals surface area (Å²) < 4.78 is 10.2. The van der Waals surface area contributed by atoms with E-state index >= 15 is 0 Å². The van der Waals surface area contributed by atoms with Crippen LogP contribution < -0.4 is 10.5 Å². The van der Waals surface area contributed by atoms with E-state index in [9.17, 15) is 14.4 Å². The van der Waals surface area contributed by atoms with Gasteiger partial charge in [-0.15, -0.1) is 0 Å². The molecule has 1 aliphatic heterocycles. The predicted octanol–water partition coefficient (Wildman–Crippen LogP) is 1.11. The molecule has 1 atom stereocenters. The van der Waals surface area contributed by atoms with Gasteiger partial charge in [0, 0.05) is 12.6 Å². The smallest absolute Gasteiger partial charge is 0.338 e. The van der Waals surface area contributed by atoms with Crippen LogP contribution in [0.4, 0.5) is 0 Å². The standard InChI is InChI=1S/C17H22N2O5/c1-12-4-2-3-9-19(12)16(21)11-24-17(22)13-5-7-14(8-6-13)23-10-15(18)20/h5-8,12H,2-4,9-11H2,1H3,(H2,18,20)/t12-/m1/s1. The molecule has 0 unspecified atom stereocenters. The molecule has 0 radical (unpaired) electrons. The Morgan fingerprint density at radius 3 is 2.50 bits per heavy atom. The highest BCUT2D eigenvalue weighted by Gasteiger charge is 2.24. The summed E-state index contributed by atoms with van der Waals surface area (Å²) >= 11 is 0. The number of nitrogens with two attached hydrogens (primary N) is 1. The topological polar surface area (TPSA) is 98.9 Å². The van der Waals surface area contributed by atoms with Crippen LogP contribution in [-0.4, -0.2) is 48.5 Å². The zero-order chi connectivity index (χ0) is 17.5. The fraction of sp³-hybridized carbons (Fsp3) is 0.471. The van der Waals surface area contributed by atoms with E-state index in [4.69, 9.17) is 15.2 Å². The van der Waals surface area contributed by atoms with Gasteiger partial charge in [-0.05, 0) is 50.5 Å². The molecule has 1 fully saturated rings. The molecule has 2 amide bonds. The van der Waals surface area contributed by atoms with Gasteiger partial charge in [-0.25, -0.2) is 4.79 Å². The number of carbonyl (C=O) groups is 3. The minimum Gasteiger partial charge on any atom is -0.484 e. The Kier molecular flexibility index (Phi) is 6.17. The maximum absolute atomic E-state index is 12.1. The zero-order valence-electron chi connectivity index (χ0n) is 13.7. The summed E-state index contributed by atoms with van der Waals surface area (Å²) in [6.07, 6.45) is 3.08. The fourth-order valence-corrected chi connectivity index (χ4v) is 2.60. The average molecular weight is 334 g/mol. The average Bonchev–Trinajstić information content (AvgIpc) is 2.58. The number of primary amides is 1. The lowest BCUT2D eigenvalue weighted by atomic mass is 10.0. The Hall–Kier alpha value is -2.57. The molecule has 0 aromatic heterocycles. The lowest BCUT2D eigenvalue weighted by Gasteiger charge is -2.33. The predicted molar refractivity (Wildman–Crippen MR) is 86.4 cm³/mol. The van der Waals surface area contributed by atoms with Gasteiger partial charge in [0.25, 0.3) is 11.8 Å². The van der Waals surface area contributed by atoms with Gasteiger partial charge in [0.05, 0.1) is 5.56 Å². The van der Waals surface area contributed by atoms with Crippen molar-refractivity contribution in [2.24, 2.45) is 5.73 Å². The Morgan fingerprint density at radius 1 is 1.17 bits per heavy atom. The van der Waals surface area contributed by atoms with Gasteiger partial charge in [0.15, 0.2) is 13.2 Å². The first kappa shape index (κ1) is 17.8. The molecule has 1 aromatic rings. The van der Waals surface area contributed by atoms with Crippen LogP contribution in [0.25, 0.3) is 0 Å². The van der Waals surface area contributed by atoms with E-state index in [1.807, 2.05) is 6.92 Å². The third-order valence-electron chi connectivity index (χ3n) is 3.92. The van der Waals surface area contributed by atoms with Crippen LogP contribution in [0.15, 0.2) is 24.3 Å². The Bertz CT molecular complexity index is 600. The van der Waals surface area contributed by atoms with Crippen LogP contribution in [0.2, 0.25) is 0 Å². The van der Waals surface area contributed by atoms with Crippen molar-refractivity contribution in [1.29, 1.82) is 0 Å². The van der Waals surface area contributed by atoms with Gasteiger partial charge in [0.1, 0.15) is 5.75 Å². The van der Waals surface area contributed by atoms with E-state index in [1.165, 1.54) is 24.3 Å². The molecule has 1 heterocycles. The number of carbonyl (C=O) groups excluding carboxylic acids is 3. The van der Waals surface area contributed by atoms with Crippen LogP contribution >= 0.6 is 0 Å². The normalized spacial score (nSPS) is 17.2. The molecule has 0 aliphatic carbocycles. The molecule has 7 nitrogen and oxygen atoms in total. The van der Waals surface area contributed by atoms with Crippen molar-refractivity contribution in [3.05, 3.63) is 29.8 Å². The van der Waals surface area contributed by atoms with E-state index in [-0.39, 0.29) is 25.2 Å². The second kappa shape index (κ2) is 8.33. The molecule has 2 rings (SSSR count). The minimum absolute atomic E-state index is 0.169. The van der Waals surface area contributed by atoms with Crippen LogP contribution in [0.1, 0.15) is 36.5 Å². The van der Waals surface area contributed by atoms with Crippen LogP contribution in [0.5, 0.6) is 5.75 Å². The van der Waals surface area contributed by atoms with Crippen molar-refractivity contribution < 1.29 is 23.9 Å². The molecule has 1 saturated heterocycles. The van der Waals surface area contributed by atoms with E-state index in [2.05, 4.69) is 0 Å². The summed E-state index contributed by atoms with van der Waals surface area (Å²) in [7, 11) is 0. The monoisotopic (exact) mass is 334 g/mol. The van der Waals surface area contributed by atoms with Gasteiger partial charge >= 0.3 is 5.97 Å². The maximum atomic E-state index is 12.1. The van der Waals surface area contributed by atoms with E-state index in [1.54, 1.807) is 4.90 Å².